The summed E-state index contributed by atoms with van der Waals surface area (Å²) in [5.74, 6) is 0.385. The molecule has 1 saturated heterocycles. The minimum atomic E-state index is -0.307. The molecule has 1 aromatic carbocycles. The summed E-state index contributed by atoms with van der Waals surface area (Å²) in [6.45, 7) is 3.77. The largest absolute Gasteiger partial charge is 0.462 e. The van der Waals surface area contributed by atoms with Gasteiger partial charge in [0.2, 0.25) is 0 Å². The zero-order valence-electron chi connectivity index (χ0n) is 14.3. The SMILES string of the molecule is CCOC(=O)c1c(CN2CCCC2c2ccc[nH]2)oc2ccccc12. The Hall–Kier alpha value is -2.53. The predicted molar refractivity (Wildman–Crippen MR) is 95.3 cm³/mol. The number of esters is 1. The Morgan fingerprint density at radius 2 is 2.20 bits per heavy atom. The Balaban J connectivity index is 1.69. The lowest BCUT2D eigenvalue weighted by Gasteiger charge is -2.23. The van der Waals surface area contributed by atoms with Crippen molar-refractivity contribution in [2.24, 2.45) is 0 Å². The molecule has 25 heavy (non-hydrogen) atoms. The maximum absolute atomic E-state index is 12.5. The first-order chi connectivity index (χ1) is 12.3. The molecule has 0 radical (unpaired) electrons. The number of fused-ring (bicyclic) bond motifs is 1. The molecule has 1 aliphatic rings. The number of ether oxygens (including phenoxy) is 1. The van der Waals surface area contributed by atoms with E-state index in [9.17, 15) is 4.79 Å². The number of furan rings is 1. The first-order valence-corrected chi connectivity index (χ1v) is 8.82. The first kappa shape index (κ1) is 16.0. The third kappa shape index (κ3) is 2.96. The number of nitrogens with one attached hydrogen (secondary N) is 1. The molecular weight excluding hydrogens is 316 g/mol. The van der Waals surface area contributed by atoms with E-state index in [1.807, 2.05) is 43.5 Å². The van der Waals surface area contributed by atoms with E-state index in [4.69, 9.17) is 9.15 Å². The predicted octanol–water partition coefficient (Wildman–Crippen LogP) is 4.27. The van der Waals surface area contributed by atoms with Gasteiger partial charge in [-0.15, -0.1) is 0 Å². The van der Waals surface area contributed by atoms with Gasteiger partial charge in [0.25, 0.3) is 0 Å². The second-order valence-electron chi connectivity index (χ2n) is 6.37. The highest BCUT2D eigenvalue weighted by atomic mass is 16.5. The number of H-pyrrole nitrogens is 1. The van der Waals surface area contributed by atoms with Crippen LogP contribution in [0.4, 0.5) is 0 Å². The number of carbonyl (C=O) groups is 1. The Bertz CT molecular complexity index is 866. The van der Waals surface area contributed by atoms with Crippen molar-refractivity contribution >= 4 is 16.9 Å². The van der Waals surface area contributed by atoms with Gasteiger partial charge < -0.3 is 14.1 Å². The fraction of sp³-hybridized carbons (Fsp3) is 0.350. The van der Waals surface area contributed by atoms with Crippen LogP contribution in [0.2, 0.25) is 0 Å². The van der Waals surface area contributed by atoms with Crippen molar-refractivity contribution in [3.8, 4) is 0 Å². The van der Waals surface area contributed by atoms with Crippen LogP contribution in [0.15, 0.2) is 47.0 Å². The summed E-state index contributed by atoms with van der Waals surface area (Å²) in [6, 6.07) is 12.1. The van der Waals surface area contributed by atoms with Crippen molar-refractivity contribution < 1.29 is 13.9 Å². The number of likely N-dealkylation sites (tertiary alicyclic amines) is 1. The standard InChI is InChI=1S/C20H22N2O3/c1-2-24-20(23)19-14-7-3-4-10-17(14)25-18(19)13-22-12-6-9-16(22)15-8-5-11-21-15/h3-5,7-8,10-11,16,21H,2,6,9,12-13H2,1H3. The minimum Gasteiger partial charge on any atom is -0.462 e. The van der Waals surface area contributed by atoms with Crippen LogP contribution in [0, 0.1) is 0 Å². The van der Waals surface area contributed by atoms with E-state index in [-0.39, 0.29) is 5.97 Å². The maximum atomic E-state index is 12.5. The number of hydrogen-bond donors (Lipinski definition) is 1. The number of hydrogen-bond acceptors (Lipinski definition) is 4. The van der Waals surface area contributed by atoms with Crippen LogP contribution >= 0.6 is 0 Å². The number of aromatic amines is 1. The summed E-state index contributed by atoms with van der Waals surface area (Å²) in [5, 5.41) is 0.826. The van der Waals surface area contributed by atoms with E-state index in [2.05, 4.69) is 16.0 Å². The van der Waals surface area contributed by atoms with Gasteiger partial charge in [-0.25, -0.2) is 4.79 Å². The maximum Gasteiger partial charge on any atom is 0.342 e. The average Bonchev–Trinajstić information content (AvgIpc) is 3.34. The summed E-state index contributed by atoms with van der Waals surface area (Å²) >= 11 is 0. The van der Waals surface area contributed by atoms with E-state index in [0.717, 1.165) is 30.4 Å². The molecule has 0 amide bonds. The summed E-state index contributed by atoms with van der Waals surface area (Å²) in [6.07, 6.45) is 4.20. The van der Waals surface area contributed by atoms with E-state index in [1.54, 1.807) is 0 Å². The number of para-hydroxylation sites is 1. The van der Waals surface area contributed by atoms with Crippen LogP contribution < -0.4 is 0 Å². The molecule has 5 heteroatoms. The molecule has 0 saturated carbocycles. The van der Waals surface area contributed by atoms with E-state index >= 15 is 0 Å². The van der Waals surface area contributed by atoms with Gasteiger partial charge in [-0.3, -0.25) is 4.90 Å². The lowest BCUT2D eigenvalue weighted by Crippen LogP contribution is -2.24. The van der Waals surface area contributed by atoms with Gasteiger partial charge in [-0.1, -0.05) is 18.2 Å². The van der Waals surface area contributed by atoms with Crippen LogP contribution in [0.25, 0.3) is 11.0 Å². The molecular formula is C20H22N2O3. The molecule has 0 bridgehead atoms. The normalized spacial score (nSPS) is 18.0. The molecule has 0 aliphatic carbocycles. The quantitative estimate of drug-likeness (QED) is 0.706. The number of benzene rings is 1. The van der Waals surface area contributed by atoms with Gasteiger partial charge in [0.05, 0.1) is 19.2 Å². The molecule has 0 spiro atoms. The summed E-state index contributed by atoms with van der Waals surface area (Å²) in [7, 11) is 0. The van der Waals surface area contributed by atoms with E-state index in [0.29, 0.717) is 30.5 Å². The number of aromatic nitrogens is 1. The molecule has 5 nitrogen and oxygen atoms in total. The highest BCUT2D eigenvalue weighted by Gasteiger charge is 2.30. The lowest BCUT2D eigenvalue weighted by molar-refractivity contribution is 0.0523. The Labute approximate surface area is 146 Å². The van der Waals surface area contributed by atoms with Crippen molar-refractivity contribution in [2.45, 2.75) is 32.4 Å². The first-order valence-electron chi connectivity index (χ1n) is 8.82. The highest BCUT2D eigenvalue weighted by molar-refractivity contribution is 6.04. The number of carbonyl (C=O) groups excluding carboxylic acids is 1. The monoisotopic (exact) mass is 338 g/mol. The molecule has 1 unspecified atom stereocenters. The van der Waals surface area contributed by atoms with Gasteiger partial charge in [-0.05, 0) is 44.5 Å². The van der Waals surface area contributed by atoms with Crippen LogP contribution in [-0.2, 0) is 11.3 Å². The number of rotatable bonds is 5. The van der Waals surface area contributed by atoms with Gasteiger partial charge in [0, 0.05) is 17.3 Å². The summed E-state index contributed by atoms with van der Waals surface area (Å²) in [5.41, 5.74) is 2.51. The highest BCUT2D eigenvalue weighted by Crippen LogP contribution is 2.35. The fourth-order valence-corrected chi connectivity index (χ4v) is 3.74. The Kier molecular flexibility index (Phi) is 4.32. The average molecular weight is 338 g/mol. The lowest BCUT2D eigenvalue weighted by atomic mass is 10.1. The third-order valence-electron chi connectivity index (χ3n) is 4.84. The van der Waals surface area contributed by atoms with Crippen LogP contribution in [0.5, 0.6) is 0 Å². The summed E-state index contributed by atoms with van der Waals surface area (Å²) < 4.78 is 11.3. The van der Waals surface area contributed by atoms with Crippen molar-refractivity contribution in [3.63, 3.8) is 0 Å². The second kappa shape index (κ2) is 6.76. The Morgan fingerprint density at radius 1 is 1.32 bits per heavy atom. The zero-order chi connectivity index (χ0) is 17.2. The topological polar surface area (TPSA) is 58.5 Å². The van der Waals surface area contributed by atoms with E-state index < -0.39 is 0 Å². The molecule has 3 aromatic rings. The smallest absolute Gasteiger partial charge is 0.342 e. The molecule has 3 heterocycles. The van der Waals surface area contributed by atoms with Crippen LogP contribution in [0.1, 0.15) is 47.6 Å². The fourth-order valence-electron chi connectivity index (χ4n) is 3.74. The molecule has 2 aromatic heterocycles. The van der Waals surface area contributed by atoms with Crippen molar-refractivity contribution in [3.05, 3.63) is 59.6 Å². The molecule has 1 fully saturated rings. The van der Waals surface area contributed by atoms with Gasteiger partial charge >= 0.3 is 5.97 Å². The molecule has 1 aliphatic heterocycles. The second-order valence-corrected chi connectivity index (χ2v) is 6.37. The summed E-state index contributed by atoms with van der Waals surface area (Å²) in [4.78, 5) is 18.2. The van der Waals surface area contributed by atoms with Crippen LogP contribution in [-0.4, -0.2) is 29.0 Å². The van der Waals surface area contributed by atoms with Crippen molar-refractivity contribution in [2.75, 3.05) is 13.2 Å². The van der Waals surface area contributed by atoms with Gasteiger partial charge in [0.1, 0.15) is 16.9 Å². The van der Waals surface area contributed by atoms with E-state index in [1.165, 1.54) is 5.69 Å². The molecule has 4 rings (SSSR count). The van der Waals surface area contributed by atoms with Gasteiger partial charge in [0.15, 0.2) is 0 Å². The van der Waals surface area contributed by atoms with Crippen molar-refractivity contribution in [1.29, 1.82) is 0 Å². The van der Waals surface area contributed by atoms with Crippen molar-refractivity contribution in [1.82, 2.24) is 9.88 Å². The third-order valence-corrected chi connectivity index (χ3v) is 4.84. The molecule has 1 atom stereocenters. The van der Waals surface area contributed by atoms with Crippen LogP contribution in [0.3, 0.4) is 0 Å². The minimum absolute atomic E-state index is 0.307. The molecule has 1 N–H and O–H groups in total. The Morgan fingerprint density at radius 3 is 3.00 bits per heavy atom. The van der Waals surface area contributed by atoms with Gasteiger partial charge in [-0.2, -0.15) is 0 Å². The molecule has 130 valence electrons. The number of nitrogens with zero attached hydrogens (tertiary/aromatic N) is 1. The zero-order valence-corrected chi connectivity index (χ0v) is 14.3.